The summed E-state index contributed by atoms with van der Waals surface area (Å²) < 4.78 is 74.5. The Labute approximate surface area is 177 Å². The lowest BCUT2D eigenvalue weighted by Crippen LogP contribution is -2.18. The standard InChI is InChI=1S/C22H18F3NO4S/c1-29-18-6-3-7-19-20(18)16-9-8-13(12-31(26,27)28)10-17(16)21(30-19)14-4-2-5-15(11-14)22(23,24)25/h2-11,21H,12H2,1H3,(H2,26,27,28). The molecule has 1 aliphatic rings. The Morgan fingerprint density at radius 1 is 1.06 bits per heavy atom. The Balaban J connectivity index is 1.92. The minimum absolute atomic E-state index is 0.289. The van der Waals surface area contributed by atoms with Gasteiger partial charge in [-0.2, -0.15) is 13.2 Å². The first-order valence-corrected chi connectivity index (χ1v) is 10.9. The second-order valence-electron chi connectivity index (χ2n) is 7.18. The maximum Gasteiger partial charge on any atom is 0.416 e. The summed E-state index contributed by atoms with van der Waals surface area (Å²) in [6.45, 7) is 0. The summed E-state index contributed by atoms with van der Waals surface area (Å²) in [7, 11) is -2.30. The molecule has 0 aliphatic carbocycles. The highest BCUT2D eigenvalue weighted by atomic mass is 32.2. The SMILES string of the molecule is COc1cccc2c1-c1ccc(CS(N)(=O)=O)cc1C(c1cccc(C(F)(F)F)c1)O2. The lowest BCUT2D eigenvalue weighted by Gasteiger charge is -2.31. The highest BCUT2D eigenvalue weighted by Crippen LogP contribution is 2.49. The molecule has 4 rings (SSSR count). The van der Waals surface area contributed by atoms with Crippen molar-refractivity contribution < 1.29 is 31.1 Å². The molecule has 31 heavy (non-hydrogen) atoms. The molecule has 9 heteroatoms. The minimum Gasteiger partial charge on any atom is -0.496 e. The van der Waals surface area contributed by atoms with E-state index in [9.17, 15) is 21.6 Å². The predicted octanol–water partition coefficient (Wildman–Crippen LogP) is 4.65. The minimum atomic E-state index is -4.51. The molecule has 162 valence electrons. The number of nitrogens with two attached hydrogens (primary N) is 1. The number of rotatable bonds is 4. The van der Waals surface area contributed by atoms with Crippen molar-refractivity contribution in [3.05, 3.63) is 82.9 Å². The molecule has 0 saturated heterocycles. The van der Waals surface area contributed by atoms with Crippen LogP contribution >= 0.6 is 0 Å². The van der Waals surface area contributed by atoms with E-state index in [0.717, 1.165) is 12.1 Å². The molecule has 0 radical (unpaired) electrons. The molecule has 1 heterocycles. The molecule has 3 aromatic rings. The molecule has 1 unspecified atom stereocenters. The van der Waals surface area contributed by atoms with Crippen LogP contribution in [0.1, 0.15) is 28.4 Å². The monoisotopic (exact) mass is 449 g/mol. The Kier molecular flexibility index (Phi) is 5.18. The van der Waals surface area contributed by atoms with Gasteiger partial charge in [0, 0.05) is 5.56 Å². The van der Waals surface area contributed by atoms with Gasteiger partial charge in [0.05, 0.1) is 24.0 Å². The van der Waals surface area contributed by atoms with Crippen LogP contribution in [0.2, 0.25) is 0 Å². The van der Waals surface area contributed by atoms with Gasteiger partial charge in [-0.05, 0) is 41.0 Å². The van der Waals surface area contributed by atoms with E-state index in [1.165, 1.54) is 13.2 Å². The van der Waals surface area contributed by atoms with Crippen molar-refractivity contribution in [1.82, 2.24) is 0 Å². The van der Waals surface area contributed by atoms with Crippen LogP contribution in [-0.2, 0) is 22.0 Å². The number of hydrogen-bond acceptors (Lipinski definition) is 4. The molecule has 0 amide bonds. The largest absolute Gasteiger partial charge is 0.496 e. The van der Waals surface area contributed by atoms with Gasteiger partial charge >= 0.3 is 6.18 Å². The summed E-state index contributed by atoms with van der Waals surface area (Å²) >= 11 is 0. The summed E-state index contributed by atoms with van der Waals surface area (Å²) in [5.41, 5.74) is 1.74. The van der Waals surface area contributed by atoms with Gasteiger partial charge < -0.3 is 9.47 Å². The van der Waals surface area contributed by atoms with Crippen molar-refractivity contribution >= 4 is 10.0 Å². The number of halogens is 3. The van der Waals surface area contributed by atoms with E-state index in [-0.39, 0.29) is 5.56 Å². The Bertz CT molecular complexity index is 1260. The van der Waals surface area contributed by atoms with Crippen molar-refractivity contribution in [1.29, 1.82) is 0 Å². The zero-order valence-electron chi connectivity index (χ0n) is 16.3. The zero-order valence-corrected chi connectivity index (χ0v) is 17.1. The zero-order chi connectivity index (χ0) is 22.4. The molecule has 1 aliphatic heterocycles. The number of sulfonamides is 1. The molecule has 0 bridgehead atoms. The Morgan fingerprint density at radius 2 is 1.81 bits per heavy atom. The van der Waals surface area contributed by atoms with Crippen LogP contribution in [0.15, 0.2) is 60.7 Å². The van der Waals surface area contributed by atoms with Gasteiger partial charge in [0.25, 0.3) is 0 Å². The lowest BCUT2D eigenvalue weighted by atomic mass is 9.87. The summed E-state index contributed by atoms with van der Waals surface area (Å²) in [4.78, 5) is 0. The molecular weight excluding hydrogens is 431 g/mol. The van der Waals surface area contributed by atoms with Crippen LogP contribution in [0, 0.1) is 0 Å². The Hall–Kier alpha value is -3.04. The van der Waals surface area contributed by atoms with E-state index >= 15 is 0 Å². The average molecular weight is 449 g/mol. The van der Waals surface area contributed by atoms with E-state index in [1.807, 2.05) is 0 Å². The topological polar surface area (TPSA) is 78.6 Å². The summed E-state index contributed by atoms with van der Waals surface area (Å²) in [6.07, 6.45) is -5.39. The third-order valence-corrected chi connectivity index (χ3v) is 5.74. The van der Waals surface area contributed by atoms with Crippen molar-refractivity contribution in [2.75, 3.05) is 7.11 Å². The van der Waals surface area contributed by atoms with Gasteiger partial charge in [-0.15, -0.1) is 0 Å². The van der Waals surface area contributed by atoms with Crippen LogP contribution in [-0.4, -0.2) is 15.5 Å². The predicted molar refractivity (Wildman–Crippen MR) is 109 cm³/mol. The van der Waals surface area contributed by atoms with Crippen LogP contribution in [0.5, 0.6) is 11.5 Å². The average Bonchev–Trinajstić information content (AvgIpc) is 2.70. The molecule has 1 atom stereocenters. The van der Waals surface area contributed by atoms with Crippen LogP contribution < -0.4 is 14.6 Å². The van der Waals surface area contributed by atoms with Crippen LogP contribution in [0.3, 0.4) is 0 Å². The third-order valence-electron chi connectivity index (χ3n) is 5.01. The van der Waals surface area contributed by atoms with E-state index in [0.29, 0.717) is 33.8 Å². The normalized spacial score (nSPS) is 15.6. The third kappa shape index (κ3) is 4.24. The molecular formula is C22H18F3NO4S. The number of alkyl halides is 3. The van der Waals surface area contributed by atoms with Crippen LogP contribution in [0.4, 0.5) is 13.2 Å². The summed E-state index contributed by atoms with van der Waals surface area (Å²) in [5, 5.41) is 5.18. The quantitative estimate of drug-likeness (QED) is 0.629. The maximum absolute atomic E-state index is 13.3. The highest BCUT2D eigenvalue weighted by molar-refractivity contribution is 7.88. The molecule has 5 nitrogen and oxygen atoms in total. The summed E-state index contributed by atoms with van der Waals surface area (Å²) in [6, 6.07) is 15.0. The number of ether oxygens (including phenoxy) is 2. The van der Waals surface area contributed by atoms with Crippen molar-refractivity contribution in [3.8, 4) is 22.6 Å². The fourth-order valence-electron chi connectivity index (χ4n) is 3.74. The highest BCUT2D eigenvalue weighted by Gasteiger charge is 2.34. The van der Waals surface area contributed by atoms with E-state index in [2.05, 4.69) is 0 Å². The van der Waals surface area contributed by atoms with Gasteiger partial charge in [0.2, 0.25) is 10.0 Å². The molecule has 0 spiro atoms. The van der Waals surface area contributed by atoms with Crippen molar-refractivity contribution in [2.45, 2.75) is 18.0 Å². The summed E-state index contributed by atoms with van der Waals surface area (Å²) in [5.74, 6) is 0.572. The molecule has 3 aromatic carbocycles. The van der Waals surface area contributed by atoms with Crippen molar-refractivity contribution in [3.63, 3.8) is 0 Å². The smallest absolute Gasteiger partial charge is 0.416 e. The van der Waals surface area contributed by atoms with E-state index in [4.69, 9.17) is 14.6 Å². The molecule has 0 saturated carbocycles. The molecule has 2 N–H and O–H groups in total. The van der Waals surface area contributed by atoms with Gasteiger partial charge in [-0.25, -0.2) is 13.6 Å². The molecule has 0 fully saturated rings. The number of methoxy groups -OCH3 is 1. The van der Waals surface area contributed by atoms with Gasteiger partial charge in [0.1, 0.15) is 17.6 Å². The van der Waals surface area contributed by atoms with Crippen molar-refractivity contribution in [2.24, 2.45) is 5.14 Å². The number of benzene rings is 3. The van der Waals surface area contributed by atoms with Gasteiger partial charge in [-0.3, -0.25) is 0 Å². The van der Waals surface area contributed by atoms with Gasteiger partial charge in [-0.1, -0.05) is 36.4 Å². The fourth-order valence-corrected chi connectivity index (χ4v) is 4.38. The number of fused-ring (bicyclic) bond motifs is 3. The second-order valence-corrected chi connectivity index (χ2v) is 8.80. The molecule has 0 aromatic heterocycles. The first-order chi connectivity index (χ1) is 14.6. The Morgan fingerprint density at radius 3 is 2.48 bits per heavy atom. The van der Waals surface area contributed by atoms with Gasteiger partial charge in [0.15, 0.2) is 0 Å². The van der Waals surface area contributed by atoms with E-state index < -0.39 is 33.6 Å². The maximum atomic E-state index is 13.3. The number of primary sulfonamides is 1. The first kappa shape index (κ1) is 21.2. The fraction of sp³-hybridized carbons (Fsp3) is 0.182. The second kappa shape index (κ2) is 7.58. The van der Waals surface area contributed by atoms with E-state index in [1.54, 1.807) is 42.5 Å². The van der Waals surface area contributed by atoms with Crippen LogP contribution in [0.25, 0.3) is 11.1 Å². The lowest BCUT2D eigenvalue weighted by molar-refractivity contribution is -0.137. The number of hydrogen-bond donors (Lipinski definition) is 1. The first-order valence-electron chi connectivity index (χ1n) is 9.21.